The summed E-state index contributed by atoms with van der Waals surface area (Å²) in [6.45, 7) is 0. The summed E-state index contributed by atoms with van der Waals surface area (Å²) in [6, 6.07) is 5.68. The Morgan fingerprint density at radius 2 is 2.29 bits per heavy atom. The quantitative estimate of drug-likeness (QED) is 0.598. The van der Waals surface area contributed by atoms with Gasteiger partial charge in [0.25, 0.3) is 0 Å². The van der Waals surface area contributed by atoms with Crippen molar-refractivity contribution >= 4 is 55.2 Å². The second-order valence-corrected chi connectivity index (χ2v) is 5.44. The van der Waals surface area contributed by atoms with E-state index in [1.54, 1.807) is 11.3 Å². The summed E-state index contributed by atoms with van der Waals surface area (Å²) >= 11 is 10.8. The lowest BCUT2D eigenvalue weighted by Gasteiger charge is -1.94. The highest BCUT2D eigenvalue weighted by atomic mass is 79.9. The molecule has 72 valence electrons. The zero-order valence-corrected chi connectivity index (χ0v) is 10.2. The molecule has 0 aliphatic heterocycles. The summed E-state index contributed by atoms with van der Waals surface area (Å²) < 4.78 is 2.02. The molecule has 0 spiro atoms. The van der Waals surface area contributed by atoms with E-state index in [9.17, 15) is 4.79 Å². The van der Waals surface area contributed by atoms with Crippen LogP contribution in [0.15, 0.2) is 22.0 Å². The van der Waals surface area contributed by atoms with Crippen LogP contribution in [0.25, 0.3) is 10.1 Å². The largest absolute Gasteiger partial charge is 0.298 e. The summed E-state index contributed by atoms with van der Waals surface area (Å²) in [7, 11) is 0. The Hall–Kier alpha value is -0.380. The zero-order chi connectivity index (χ0) is 10.1. The topological polar surface area (TPSA) is 17.1 Å². The second-order valence-electron chi connectivity index (χ2n) is 2.83. The average molecular weight is 290 g/mol. The molecule has 0 amide bonds. The third kappa shape index (κ3) is 1.49. The fraction of sp³-hybridized carbons (Fsp3) is 0.100. The van der Waals surface area contributed by atoms with E-state index >= 15 is 0 Å². The standard InChI is InChI=1S/C10H6BrClOS/c11-10-8(4-12)7-3-1-2-6(5-13)9(7)14-10/h1-3,5H,4H2. The number of halogens is 2. The minimum Gasteiger partial charge on any atom is -0.298 e. The SMILES string of the molecule is O=Cc1cccc2c(CCl)c(Br)sc12. The van der Waals surface area contributed by atoms with Gasteiger partial charge in [0.2, 0.25) is 0 Å². The van der Waals surface area contributed by atoms with Crippen LogP contribution in [0.1, 0.15) is 15.9 Å². The Morgan fingerprint density at radius 1 is 1.50 bits per heavy atom. The minimum absolute atomic E-state index is 0.461. The lowest BCUT2D eigenvalue weighted by atomic mass is 10.1. The van der Waals surface area contributed by atoms with Gasteiger partial charge in [-0.25, -0.2) is 0 Å². The van der Waals surface area contributed by atoms with Crippen LogP contribution in [0, 0.1) is 0 Å². The zero-order valence-electron chi connectivity index (χ0n) is 7.09. The van der Waals surface area contributed by atoms with E-state index in [0.717, 1.165) is 31.3 Å². The van der Waals surface area contributed by atoms with E-state index in [1.807, 2.05) is 18.2 Å². The number of carbonyl (C=O) groups is 1. The average Bonchev–Trinajstić information content (AvgIpc) is 2.52. The van der Waals surface area contributed by atoms with Crippen molar-refractivity contribution in [2.75, 3.05) is 0 Å². The minimum atomic E-state index is 0.461. The van der Waals surface area contributed by atoms with E-state index < -0.39 is 0 Å². The summed E-state index contributed by atoms with van der Waals surface area (Å²) in [5.74, 6) is 0.461. The lowest BCUT2D eigenvalue weighted by molar-refractivity contribution is 0.112. The van der Waals surface area contributed by atoms with E-state index in [1.165, 1.54) is 0 Å². The van der Waals surface area contributed by atoms with Gasteiger partial charge in [-0.3, -0.25) is 4.79 Å². The van der Waals surface area contributed by atoms with E-state index in [-0.39, 0.29) is 0 Å². The molecule has 1 heterocycles. The fourth-order valence-corrected chi connectivity index (χ4v) is 3.76. The first-order valence-electron chi connectivity index (χ1n) is 3.99. The molecular formula is C10H6BrClOS. The number of alkyl halides is 1. The first kappa shape index (κ1) is 10.1. The van der Waals surface area contributed by atoms with Gasteiger partial charge in [0.05, 0.1) is 3.79 Å². The number of hydrogen-bond acceptors (Lipinski definition) is 2. The van der Waals surface area contributed by atoms with Crippen molar-refractivity contribution in [2.45, 2.75) is 5.88 Å². The number of carbonyl (C=O) groups excluding carboxylic acids is 1. The van der Waals surface area contributed by atoms with Crippen LogP contribution in [0.3, 0.4) is 0 Å². The van der Waals surface area contributed by atoms with Crippen LogP contribution in [0.5, 0.6) is 0 Å². The van der Waals surface area contributed by atoms with Crippen LogP contribution in [-0.4, -0.2) is 6.29 Å². The molecule has 0 radical (unpaired) electrons. The molecule has 0 atom stereocenters. The highest BCUT2D eigenvalue weighted by Gasteiger charge is 2.11. The maximum Gasteiger partial charge on any atom is 0.151 e. The van der Waals surface area contributed by atoms with Gasteiger partial charge in [-0.05, 0) is 26.9 Å². The van der Waals surface area contributed by atoms with Crippen molar-refractivity contribution in [3.63, 3.8) is 0 Å². The number of hydrogen-bond donors (Lipinski definition) is 0. The number of aldehydes is 1. The van der Waals surface area contributed by atoms with Gasteiger partial charge in [0, 0.05) is 16.1 Å². The maximum absolute atomic E-state index is 10.8. The van der Waals surface area contributed by atoms with Crippen LogP contribution >= 0.6 is 38.9 Å². The summed E-state index contributed by atoms with van der Waals surface area (Å²) in [4.78, 5) is 10.8. The molecule has 1 aromatic carbocycles. The molecule has 0 fully saturated rings. The Kier molecular flexibility index (Phi) is 2.91. The number of rotatable bonds is 2. The molecule has 4 heteroatoms. The van der Waals surface area contributed by atoms with Gasteiger partial charge in [0.1, 0.15) is 0 Å². The number of fused-ring (bicyclic) bond motifs is 1. The molecule has 2 rings (SSSR count). The van der Waals surface area contributed by atoms with E-state index in [2.05, 4.69) is 15.9 Å². The van der Waals surface area contributed by atoms with Crippen molar-refractivity contribution in [1.82, 2.24) is 0 Å². The number of thiophene rings is 1. The van der Waals surface area contributed by atoms with Gasteiger partial charge in [-0.15, -0.1) is 22.9 Å². The Labute approximate surface area is 98.8 Å². The monoisotopic (exact) mass is 288 g/mol. The van der Waals surface area contributed by atoms with Crippen molar-refractivity contribution in [2.24, 2.45) is 0 Å². The van der Waals surface area contributed by atoms with Crippen LogP contribution in [0.2, 0.25) is 0 Å². The molecule has 0 saturated carbocycles. The van der Waals surface area contributed by atoms with Crippen LogP contribution in [0.4, 0.5) is 0 Å². The van der Waals surface area contributed by atoms with Crippen molar-refractivity contribution in [3.05, 3.63) is 33.1 Å². The molecule has 1 aromatic heterocycles. The molecule has 14 heavy (non-hydrogen) atoms. The van der Waals surface area contributed by atoms with Gasteiger partial charge >= 0.3 is 0 Å². The molecule has 0 aliphatic rings. The van der Waals surface area contributed by atoms with Gasteiger partial charge in [0.15, 0.2) is 6.29 Å². The van der Waals surface area contributed by atoms with Crippen LogP contribution < -0.4 is 0 Å². The highest BCUT2D eigenvalue weighted by molar-refractivity contribution is 9.11. The van der Waals surface area contributed by atoms with Crippen molar-refractivity contribution in [1.29, 1.82) is 0 Å². The second kappa shape index (κ2) is 4.01. The lowest BCUT2D eigenvalue weighted by Crippen LogP contribution is -1.79. The van der Waals surface area contributed by atoms with Gasteiger partial charge < -0.3 is 0 Å². The molecule has 0 unspecified atom stereocenters. The highest BCUT2D eigenvalue weighted by Crippen LogP contribution is 2.37. The first-order chi connectivity index (χ1) is 6.77. The Morgan fingerprint density at radius 3 is 2.93 bits per heavy atom. The third-order valence-electron chi connectivity index (χ3n) is 2.06. The number of benzene rings is 1. The molecule has 2 aromatic rings. The van der Waals surface area contributed by atoms with Crippen molar-refractivity contribution in [3.8, 4) is 0 Å². The van der Waals surface area contributed by atoms with Crippen LogP contribution in [-0.2, 0) is 5.88 Å². The van der Waals surface area contributed by atoms with Gasteiger partial charge in [-0.2, -0.15) is 0 Å². The third-order valence-corrected chi connectivity index (χ3v) is 4.38. The predicted molar refractivity (Wildman–Crippen MR) is 64.5 cm³/mol. The Bertz CT molecular complexity index is 492. The summed E-state index contributed by atoms with van der Waals surface area (Å²) in [5, 5.41) is 1.07. The summed E-state index contributed by atoms with van der Waals surface area (Å²) in [5.41, 5.74) is 1.79. The van der Waals surface area contributed by atoms with Gasteiger partial charge in [-0.1, -0.05) is 18.2 Å². The Balaban J connectivity index is 2.85. The first-order valence-corrected chi connectivity index (χ1v) is 6.13. The molecule has 0 bridgehead atoms. The van der Waals surface area contributed by atoms with E-state index in [4.69, 9.17) is 11.6 Å². The summed E-state index contributed by atoms with van der Waals surface area (Å²) in [6.07, 6.45) is 0.878. The smallest absolute Gasteiger partial charge is 0.151 e. The fourth-order valence-electron chi connectivity index (χ4n) is 1.38. The maximum atomic E-state index is 10.8. The van der Waals surface area contributed by atoms with E-state index in [0.29, 0.717) is 5.88 Å². The predicted octanol–water partition coefficient (Wildman–Crippen LogP) is 4.22. The molecule has 1 nitrogen and oxygen atoms in total. The molecule has 0 aliphatic carbocycles. The molecule has 0 saturated heterocycles. The normalized spacial score (nSPS) is 10.7. The van der Waals surface area contributed by atoms with Crippen molar-refractivity contribution < 1.29 is 4.79 Å². The molecule has 0 N–H and O–H groups in total. The molecular weight excluding hydrogens is 284 g/mol.